The molecule has 0 bridgehead atoms. The van der Waals surface area contributed by atoms with E-state index in [1.54, 1.807) is 24.0 Å². The summed E-state index contributed by atoms with van der Waals surface area (Å²) in [5.41, 5.74) is 1.51. The third kappa shape index (κ3) is 3.76. The zero-order valence-corrected chi connectivity index (χ0v) is 16.5. The standard InChI is InChI=1S/C21H18F2N4O4/c1-11-24-20(31-26-11)7-14-9-29-18-6-13(22)5-15(23)21(18)27(14)8-12-2-3-17-16(4-12)25-19(28)10-30-17/h2-6,14H,7-10H2,1H3,(H,25,28)/t14-/m0/s1. The van der Waals surface area contributed by atoms with Crippen LogP contribution in [0.1, 0.15) is 17.3 Å². The molecule has 10 heteroatoms. The number of aromatic nitrogens is 2. The molecule has 2 aromatic carbocycles. The molecule has 160 valence electrons. The van der Waals surface area contributed by atoms with Crippen LogP contribution in [0.4, 0.5) is 20.2 Å². The van der Waals surface area contributed by atoms with Crippen molar-refractivity contribution in [2.24, 2.45) is 0 Å². The molecule has 31 heavy (non-hydrogen) atoms. The van der Waals surface area contributed by atoms with Crippen LogP contribution in [0.2, 0.25) is 0 Å². The number of amides is 1. The Balaban J connectivity index is 1.50. The van der Waals surface area contributed by atoms with E-state index in [9.17, 15) is 13.6 Å². The van der Waals surface area contributed by atoms with Crippen LogP contribution in [-0.4, -0.2) is 35.3 Å². The fraction of sp³-hybridized carbons (Fsp3) is 0.286. The maximum absolute atomic E-state index is 14.8. The summed E-state index contributed by atoms with van der Waals surface area (Å²) in [4.78, 5) is 17.7. The number of halogens is 2. The molecule has 0 saturated carbocycles. The summed E-state index contributed by atoms with van der Waals surface area (Å²) < 4.78 is 44.9. The number of nitrogens with zero attached hydrogens (tertiary/aromatic N) is 3. The summed E-state index contributed by atoms with van der Waals surface area (Å²) in [7, 11) is 0. The van der Waals surface area contributed by atoms with Crippen molar-refractivity contribution in [1.29, 1.82) is 0 Å². The maximum Gasteiger partial charge on any atom is 0.262 e. The highest BCUT2D eigenvalue weighted by Gasteiger charge is 2.33. The topological polar surface area (TPSA) is 89.7 Å². The van der Waals surface area contributed by atoms with E-state index in [0.29, 0.717) is 29.6 Å². The van der Waals surface area contributed by atoms with Crippen LogP contribution in [-0.2, 0) is 17.8 Å². The second-order valence-corrected chi connectivity index (χ2v) is 7.43. The van der Waals surface area contributed by atoms with Crippen molar-refractivity contribution in [3.05, 3.63) is 59.2 Å². The van der Waals surface area contributed by atoms with Gasteiger partial charge in [-0.15, -0.1) is 0 Å². The predicted octanol–water partition coefficient (Wildman–Crippen LogP) is 3.00. The largest absolute Gasteiger partial charge is 0.489 e. The van der Waals surface area contributed by atoms with E-state index in [2.05, 4.69) is 15.5 Å². The molecule has 2 aliphatic rings. The Morgan fingerprint density at radius 1 is 1.19 bits per heavy atom. The number of hydrogen-bond donors (Lipinski definition) is 1. The van der Waals surface area contributed by atoms with E-state index >= 15 is 0 Å². The summed E-state index contributed by atoms with van der Waals surface area (Å²) in [6.45, 7) is 2.14. The van der Waals surface area contributed by atoms with Crippen molar-refractivity contribution >= 4 is 17.3 Å². The average Bonchev–Trinajstić information content (AvgIpc) is 3.13. The third-order valence-corrected chi connectivity index (χ3v) is 5.16. The fourth-order valence-corrected chi connectivity index (χ4v) is 3.82. The molecule has 3 heterocycles. The van der Waals surface area contributed by atoms with Crippen LogP contribution in [0.15, 0.2) is 34.9 Å². The van der Waals surface area contributed by atoms with Crippen molar-refractivity contribution in [2.75, 3.05) is 23.4 Å². The Morgan fingerprint density at radius 2 is 2.06 bits per heavy atom. The number of ether oxygens (including phenoxy) is 2. The van der Waals surface area contributed by atoms with Gasteiger partial charge in [0.1, 0.15) is 29.6 Å². The lowest BCUT2D eigenvalue weighted by atomic mass is 10.1. The number of carbonyl (C=O) groups excluding carboxylic acids is 1. The number of nitrogens with one attached hydrogen (secondary N) is 1. The van der Waals surface area contributed by atoms with Crippen LogP contribution in [0.3, 0.4) is 0 Å². The average molecular weight is 428 g/mol. The molecule has 8 nitrogen and oxygen atoms in total. The molecule has 1 aromatic heterocycles. The van der Waals surface area contributed by atoms with Crippen LogP contribution in [0.25, 0.3) is 0 Å². The van der Waals surface area contributed by atoms with Crippen LogP contribution < -0.4 is 19.7 Å². The smallest absolute Gasteiger partial charge is 0.262 e. The molecule has 0 fully saturated rings. The van der Waals surface area contributed by atoms with Gasteiger partial charge in [-0.1, -0.05) is 11.2 Å². The number of hydrogen-bond acceptors (Lipinski definition) is 7. The van der Waals surface area contributed by atoms with Gasteiger partial charge in [0, 0.05) is 18.7 Å². The lowest BCUT2D eigenvalue weighted by Gasteiger charge is -2.38. The minimum atomic E-state index is -0.726. The predicted molar refractivity (Wildman–Crippen MR) is 105 cm³/mol. The van der Waals surface area contributed by atoms with Crippen LogP contribution in [0, 0.1) is 18.6 Å². The quantitative estimate of drug-likeness (QED) is 0.683. The minimum absolute atomic E-state index is 0.0361. The normalized spacial score (nSPS) is 17.3. The number of fused-ring (bicyclic) bond motifs is 2. The molecule has 5 rings (SSSR count). The van der Waals surface area contributed by atoms with Gasteiger partial charge in [-0.2, -0.15) is 4.98 Å². The van der Waals surface area contributed by atoms with Crippen molar-refractivity contribution in [3.63, 3.8) is 0 Å². The van der Waals surface area contributed by atoms with Crippen LogP contribution in [0.5, 0.6) is 11.5 Å². The van der Waals surface area contributed by atoms with Gasteiger partial charge < -0.3 is 24.2 Å². The zero-order chi connectivity index (χ0) is 21.5. The lowest BCUT2D eigenvalue weighted by molar-refractivity contribution is -0.118. The Bertz CT molecular complexity index is 1170. The Labute approximate surface area is 175 Å². The third-order valence-electron chi connectivity index (χ3n) is 5.16. The first-order valence-corrected chi connectivity index (χ1v) is 9.69. The number of aryl methyl sites for hydroxylation is 1. The van der Waals surface area contributed by atoms with Gasteiger partial charge in [0.2, 0.25) is 5.89 Å². The van der Waals surface area contributed by atoms with E-state index in [1.165, 1.54) is 6.07 Å². The Hall–Kier alpha value is -3.69. The summed E-state index contributed by atoms with van der Waals surface area (Å²) in [6.07, 6.45) is 0.321. The highest BCUT2D eigenvalue weighted by molar-refractivity contribution is 5.95. The van der Waals surface area contributed by atoms with Crippen molar-refractivity contribution in [1.82, 2.24) is 10.1 Å². The fourth-order valence-electron chi connectivity index (χ4n) is 3.82. The molecule has 0 aliphatic carbocycles. The van der Waals surface area contributed by atoms with E-state index in [4.69, 9.17) is 14.0 Å². The molecule has 3 aromatic rings. The number of anilines is 2. The van der Waals surface area contributed by atoms with E-state index in [0.717, 1.165) is 11.6 Å². The highest BCUT2D eigenvalue weighted by Crippen LogP contribution is 2.39. The van der Waals surface area contributed by atoms with Gasteiger partial charge in [0.05, 0.1) is 18.2 Å². The van der Waals surface area contributed by atoms with Crippen LogP contribution >= 0.6 is 0 Å². The summed E-state index contributed by atoms with van der Waals surface area (Å²) in [5, 5.41) is 6.56. The van der Waals surface area contributed by atoms with Crippen molar-refractivity contribution < 1.29 is 27.6 Å². The maximum atomic E-state index is 14.8. The molecule has 0 radical (unpaired) electrons. The first-order valence-electron chi connectivity index (χ1n) is 9.69. The second kappa shape index (κ2) is 7.53. The molecular formula is C21H18F2N4O4. The number of rotatable bonds is 4. The van der Waals surface area contributed by atoms with Gasteiger partial charge in [-0.3, -0.25) is 4.79 Å². The molecule has 1 N–H and O–H groups in total. The second-order valence-electron chi connectivity index (χ2n) is 7.43. The molecule has 1 atom stereocenters. The first-order chi connectivity index (χ1) is 15.0. The number of carbonyl (C=O) groups is 1. The Morgan fingerprint density at radius 3 is 2.87 bits per heavy atom. The molecule has 0 unspecified atom stereocenters. The van der Waals surface area contributed by atoms with Gasteiger partial charge in [-0.25, -0.2) is 8.78 Å². The van der Waals surface area contributed by atoms with Gasteiger partial charge in [0.15, 0.2) is 18.2 Å². The molecular weight excluding hydrogens is 410 g/mol. The summed E-state index contributed by atoms with van der Waals surface area (Å²) in [5.74, 6) is -0.0909. The van der Waals surface area contributed by atoms with E-state index < -0.39 is 11.6 Å². The number of benzene rings is 2. The Kier molecular flexibility index (Phi) is 4.68. The van der Waals surface area contributed by atoms with Crippen molar-refractivity contribution in [3.8, 4) is 11.5 Å². The zero-order valence-electron chi connectivity index (χ0n) is 16.5. The van der Waals surface area contributed by atoms with E-state index in [1.807, 2.05) is 6.07 Å². The summed E-state index contributed by atoms with van der Waals surface area (Å²) in [6, 6.07) is 7.02. The molecule has 0 spiro atoms. The lowest BCUT2D eigenvalue weighted by Crippen LogP contribution is -2.44. The highest BCUT2D eigenvalue weighted by atomic mass is 19.1. The monoisotopic (exact) mass is 428 g/mol. The molecule has 2 aliphatic heterocycles. The van der Waals surface area contributed by atoms with Gasteiger partial charge in [0.25, 0.3) is 5.91 Å². The first kappa shape index (κ1) is 19.3. The minimum Gasteiger partial charge on any atom is -0.489 e. The SMILES string of the molecule is Cc1noc(C[C@H]2COc3cc(F)cc(F)c3N2Cc2ccc3c(c2)NC(=O)CO3)n1. The molecule has 0 saturated heterocycles. The molecule has 1 amide bonds. The summed E-state index contributed by atoms with van der Waals surface area (Å²) >= 11 is 0. The van der Waals surface area contributed by atoms with Crippen molar-refractivity contribution in [2.45, 2.75) is 25.9 Å². The van der Waals surface area contributed by atoms with E-state index in [-0.39, 0.29) is 43.1 Å². The van der Waals surface area contributed by atoms with Gasteiger partial charge in [-0.05, 0) is 24.6 Å². The van der Waals surface area contributed by atoms with Gasteiger partial charge >= 0.3 is 0 Å².